The maximum absolute atomic E-state index is 12.5. The Morgan fingerprint density at radius 1 is 1.30 bits per heavy atom. The molecule has 136 valence electrons. The molecular formula is C20H18N4O3. The topological polar surface area (TPSA) is 82.2 Å². The van der Waals surface area contributed by atoms with Gasteiger partial charge in [-0.2, -0.15) is 5.10 Å². The van der Waals surface area contributed by atoms with Crippen LogP contribution in [0.5, 0.6) is 5.75 Å². The smallest absolute Gasteiger partial charge is 0.287 e. The number of furan rings is 1. The van der Waals surface area contributed by atoms with Crippen LogP contribution in [-0.2, 0) is 13.6 Å². The van der Waals surface area contributed by atoms with E-state index < -0.39 is 0 Å². The van der Waals surface area contributed by atoms with Crippen molar-refractivity contribution >= 4 is 16.9 Å². The fourth-order valence-electron chi connectivity index (χ4n) is 2.87. The van der Waals surface area contributed by atoms with E-state index in [-0.39, 0.29) is 11.7 Å². The summed E-state index contributed by atoms with van der Waals surface area (Å²) in [6.07, 6.45) is 5.37. The second-order valence-corrected chi connectivity index (χ2v) is 6.12. The summed E-state index contributed by atoms with van der Waals surface area (Å²) >= 11 is 0. The Bertz CT molecular complexity index is 1110. The first-order valence-corrected chi connectivity index (χ1v) is 8.43. The van der Waals surface area contributed by atoms with Gasteiger partial charge in [-0.25, -0.2) is 0 Å². The minimum absolute atomic E-state index is 0.246. The lowest BCUT2D eigenvalue weighted by molar-refractivity contribution is 0.0925. The van der Waals surface area contributed by atoms with Gasteiger partial charge < -0.3 is 14.5 Å². The third-order valence-electron chi connectivity index (χ3n) is 4.23. The molecule has 0 spiro atoms. The fraction of sp³-hybridized carbons (Fsp3) is 0.150. The Morgan fingerprint density at radius 3 is 2.96 bits per heavy atom. The van der Waals surface area contributed by atoms with E-state index >= 15 is 0 Å². The molecule has 0 unspecified atom stereocenters. The van der Waals surface area contributed by atoms with Crippen LogP contribution in [0.4, 0.5) is 0 Å². The highest BCUT2D eigenvalue weighted by Gasteiger charge is 2.14. The number of nitrogens with one attached hydrogen (secondary N) is 1. The zero-order valence-electron chi connectivity index (χ0n) is 15.0. The second kappa shape index (κ2) is 6.95. The summed E-state index contributed by atoms with van der Waals surface area (Å²) in [5.74, 6) is 0.561. The van der Waals surface area contributed by atoms with E-state index in [1.165, 1.54) is 0 Å². The molecule has 0 bridgehead atoms. The summed E-state index contributed by atoms with van der Waals surface area (Å²) in [6.45, 7) is 0.364. The lowest BCUT2D eigenvalue weighted by atomic mass is 10.1. The Hall–Kier alpha value is -3.61. The molecule has 0 saturated carbocycles. The van der Waals surface area contributed by atoms with Crippen LogP contribution in [0.3, 0.4) is 0 Å². The summed E-state index contributed by atoms with van der Waals surface area (Å²) in [5, 5.41) is 7.85. The first-order valence-electron chi connectivity index (χ1n) is 8.43. The third kappa shape index (κ3) is 3.39. The van der Waals surface area contributed by atoms with Crippen LogP contribution in [-0.4, -0.2) is 27.8 Å². The molecular weight excluding hydrogens is 344 g/mol. The van der Waals surface area contributed by atoms with E-state index in [0.29, 0.717) is 17.9 Å². The SMILES string of the molecule is COc1cccc2cc(C(=O)NCc3ccnc(-c4cnn(C)c4)c3)oc12. The van der Waals surface area contributed by atoms with E-state index in [4.69, 9.17) is 9.15 Å². The number of para-hydroxylation sites is 1. The second-order valence-electron chi connectivity index (χ2n) is 6.12. The number of fused-ring (bicyclic) bond motifs is 1. The number of carbonyl (C=O) groups is 1. The number of nitrogens with zero attached hydrogens (tertiary/aromatic N) is 3. The summed E-state index contributed by atoms with van der Waals surface area (Å²) in [7, 11) is 3.43. The molecule has 4 aromatic rings. The summed E-state index contributed by atoms with van der Waals surface area (Å²) in [4.78, 5) is 16.8. The van der Waals surface area contributed by atoms with E-state index in [9.17, 15) is 4.79 Å². The van der Waals surface area contributed by atoms with Gasteiger partial charge in [-0.15, -0.1) is 0 Å². The number of amides is 1. The normalized spacial score (nSPS) is 10.9. The molecule has 3 aromatic heterocycles. The quantitative estimate of drug-likeness (QED) is 0.590. The van der Waals surface area contributed by atoms with Crippen molar-refractivity contribution in [2.75, 3.05) is 7.11 Å². The van der Waals surface area contributed by atoms with Crippen molar-refractivity contribution in [3.05, 3.63) is 66.3 Å². The van der Waals surface area contributed by atoms with Crippen LogP contribution in [0.2, 0.25) is 0 Å². The Balaban J connectivity index is 1.50. The molecule has 4 rings (SSSR count). The molecule has 1 aromatic carbocycles. The molecule has 7 heteroatoms. The first-order chi connectivity index (χ1) is 13.1. The Morgan fingerprint density at radius 2 is 2.19 bits per heavy atom. The van der Waals surface area contributed by atoms with Gasteiger partial charge in [0.15, 0.2) is 17.1 Å². The Kier molecular flexibility index (Phi) is 4.33. The van der Waals surface area contributed by atoms with Gasteiger partial charge in [0, 0.05) is 36.9 Å². The molecule has 0 fully saturated rings. The van der Waals surface area contributed by atoms with Gasteiger partial charge in [0.05, 0.1) is 19.0 Å². The van der Waals surface area contributed by atoms with Crippen molar-refractivity contribution in [1.29, 1.82) is 0 Å². The van der Waals surface area contributed by atoms with E-state index in [1.54, 1.807) is 36.3 Å². The van der Waals surface area contributed by atoms with Gasteiger partial charge in [-0.3, -0.25) is 14.5 Å². The third-order valence-corrected chi connectivity index (χ3v) is 4.23. The first kappa shape index (κ1) is 16.8. The lowest BCUT2D eigenvalue weighted by Gasteiger charge is -2.05. The van der Waals surface area contributed by atoms with Gasteiger partial charge in [0.2, 0.25) is 0 Å². The number of hydrogen-bond acceptors (Lipinski definition) is 5. The zero-order valence-corrected chi connectivity index (χ0v) is 15.0. The molecule has 0 aliphatic carbocycles. The van der Waals surface area contributed by atoms with Crippen molar-refractivity contribution in [1.82, 2.24) is 20.1 Å². The largest absolute Gasteiger partial charge is 0.493 e. The molecule has 1 amide bonds. The fourth-order valence-corrected chi connectivity index (χ4v) is 2.87. The summed E-state index contributed by atoms with van der Waals surface area (Å²) < 4.78 is 12.7. The molecule has 3 heterocycles. The molecule has 0 saturated heterocycles. The van der Waals surface area contributed by atoms with Crippen molar-refractivity contribution in [3.63, 3.8) is 0 Å². The summed E-state index contributed by atoms with van der Waals surface area (Å²) in [6, 6.07) is 11.0. The number of pyridine rings is 1. The summed E-state index contributed by atoms with van der Waals surface area (Å²) in [5.41, 5.74) is 3.23. The average molecular weight is 362 g/mol. The van der Waals surface area contributed by atoms with Crippen LogP contribution in [0.25, 0.3) is 22.2 Å². The minimum Gasteiger partial charge on any atom is -0.493 e. The highest BCUT2D eigenvalue weighted by atomic mass is 16.5. The molecule has 27 heavy (non-hydrogen) atoms. The maximum Gasteiger partial charge on any atom is 0.287 e. The van der Waals surface area contributed by atoms with Gasteiger partial charge in [-0.05, 0) is 29.8 Å². The number of ether oxygens (including phenoxy) is 1. The molecule has 0 radical (unpaired) electrons. The van der Waals surface area contributed by atoms with Crippen LogP contribution in [0.1, 0.15) is 16.1 Å². The van der Waals surface area contributed by atoms with Gasteiger partial charge in [0.25, 0.3) is 5.91 Å². The molecule has 0 aliphatic rings. The molecule has 0 atom stereocenters. The van der Waals surface area contributed by atoms with Crippen molar-refractivity contribution in [3.8, 4) is 17.0 Å². The van der Waals surface area contributed by atoms with Crippen LogP contribution < -0.4 is 10.1 Å². The highest BCUT2D eigenvalue weighted by Crippen LogP contribution is 2.28. The zero-order chi connectivity index (χ0) is 18.8. The number of carbonyl (C=O) groups excluding carboxylic acids is 1. The number of benzene rings is 1. The minimum atomic E-state index is -0.284. The predicted molar refractivity (Wildman–Crippen MR) is 100 cm³/mol. The lowest BCUT2D eigenvalue weighted by Crippen LogP contribution is -2.22. The molecule has 7 nitrogen and oxygen atoms in total. The van der Waals surface area contributed by atoms with E-state index in [2.05, 4.69) is 15.4 Å². The molecule has 1 N–H and O–H groups in total. The van der Waals surface area contributed by atoms with Gasteiger partial charge in [-0.1, -0.05) is 12.1 Å². The van der Waals surface area contributed by atoms with Gasteiger partial charge >= 0.3 is 0 Å². The van der Waals surface area contributed by atoms with Crippen LogP contribution in [0, 0.1) is 0 Å². The standard InChI is InChI=1S/C20H18N4O3/c1-24-12-15(11-23-24)16-8-13(6-7-21-16)10-22-20(25)18-9-14-4-3-5-17(26-2)19(14)27-18/h3-9,11-12H,10H2,1-2H3,(H,22,25). The predicted octanol–water partition coefficient (Wildman–Crippen LogP) is 3.17. The average Bonchev–Trinajstić information content (AvgIpc) is 3.32. The van der Waals surface area contributed by atoms with Gasteiger partial charge in [0.1, 0.15) is 0 Å². The van der Waals surface area contributed by atoms with E-state index in [1.807, 2.05) is 37.5 Å². The maximum atomic E-state index is 12.5. The number of aromatic nitrogens is 3. The van der Waals surface area contributed by atoms with Crippen molar-refractivity contribution < 1.29 is 13.9 Å². The van der Waals surface area contributed by atoms with E-state index in [0.717, 1.165) is 22.2 Å². The Labute approximate surface area is 155 Å². The number of aryl methyl sites for hydroxylation is 1. The van der Waals surface area contributed by atoms with Crippen molar-refractivity contribution in [2.45, 2.75) is 6.54 Å². The van der Waals surface area contributed by atoms with Crippen LogP contribution >= 0.6 is 0 Å². The number of methoxy groups -OCH3 is 1. The highest BCUT2D eigenvalue weighted by molar-refractivity contribution is 5.97. The molecule has 0 aliphatic heterocycles. The number of hydrogen-bond donors (Lipinski definition) is 1. The van der Waals surface area contributed by atoms with Crippen molar-refractivity contribution in [2.24, 2.45) is 7.05 Å². The monoisotopic (exact) mass is 362 g/mol. The number of rotatable bonds is 5. The van der Waals surface area contributed by atoms with Crippen LogP contribution in [0.15, 0.2) is 59.4 Å².